The highest BCUT2D eigenvalue weighted by molar-refractivity contribution is 6.04. The minimum atomic E-state index is -0.220. The predicted octanol–water partition coefficient (Wildman–Crippen LogP) is 3.31. The molecule has 0 aliphatic carbocycles. The van der Waals surface area contributed by atoms with Crippen molar-refractivity contribution in [2.45, 2.75) is 12.5 Å². The fourth-order valence-electron chi connectivity index (χ4n) is 4.18. The fourth-order valence-corrected chi connectivity index (χ4v) is 4.18. The molecular weight excluding hydrogens is 382 g/mol. The van der Waals surface area contributed by atoms with Gasteiger partial charge in [0.15, 0.2) is 5.82 Å². The van der Waals surface area contributed by atoms with Crippen LogP contribution in [0.5, 0.6) is 0 Å². The summed E-state index contributed by atoms with van der Waals surface area (Å²) in [6.45, 7) is 1.71. The van der Waals surface area contributed by atoms with Crippen molar-refractivity contribution >= 4 is 34.4 Å². The molecule has 6 rings (SSSR count). The lowest BCUT2D eigenvalue weighted by Crippen LogP contribution is -2.48. The molecule has 1 atom stereocenters. The van der Waals surface area contributed by atoms with Gasteiger partial charge in [-0.2, -0.15) is 0 Å². The number of nitrogens with zero attached hydrogens (tertiary/aromatic N) is 6. The van der Waals surface area contributed by atoms with E-state index in [2.05, 4.69) is 25.5 Å². The molecule has 9 nitrogen and oxygen atoms in total. The van der Waals surface area contributed by atoms with Gasteiger partial charge < -0.3 is 4.90 Å². The van der Waals surface area contributed by atoms with E-state index in [9.17, 15) is 4.79 Å². The monoisotopic (exact) mass is 399 g/mol. The van der Waals surface area contributed by atoms with E-state index in [0.29, 0.717) is 22.7 Å². The number of hydrogen-bond donors (Lipinski definition) is 1. The van der Waals surface area contributed by atoms with Crippen LogP contribution in [0.1, 0.15) is 6.42 Å². The number of aromatic nitrogens is 4. The molecule has 2 aliphatic rings. The molecule has 148 valence electrons. The van der Waals surface area contributed by atoms with E-state index in [1.807, 2.05) is 42.5 Å². The summed E-state index contributed by atoms with van der Waals surface area (Å²) in [5.41, 5.74) is 3.97. The highest BCUT2D eigenvalue weighted by atomic mass is 16.6. The lowest BCUT2D eigenvalue weighted by atomic mass is 10.1. The summed E-state index contributed by atoms with van der Waals surface area (Å²) in [7, 11) is 0. The first kappa shape index (κ1) is 16.9. The number of urea groups is 1. The van der Waals surface area contributed by atoms with Crippen molar-refractivity contribution in [3.05, 3.63) is 54.7 Å². The van der Waals surface area contributed by atoms with Crippen molar-refractivity contribution < 1.29 is 9.42 Å². The van der Waals surface area contributed by atoms with Gasteiger partial charge in [-0.25, -0.2) is 19.4 Å². The van der Waals surface area contributed by atoms with Crippen molar-refractivity contribution in [2.75, 3.05) is 28.2 Å². The lowest BCUT2D eigenvalue weighted by molar-refractivity contribution is 0.254. The van der Waals surface area contributed by atoms with Crippen molar-refractivity contribution in [1.82, 2.24) is 20.3 Å². The van der Waals surface area contributed by atoms with Crippen LogP contribution in [0, 0.1) is 0 Å². The second-order valence-corrected chi connectivity index (χ2v) is 7.41. The molecule has 3 aromatic heterocycles. The van der Waals surface area contributed by atoms with Gasteiger partial charge in [-0.1, -0.05) is 12.1 Å². The molecule has 2 bridgehead atoms. The summed E-state index contributed by atoms with van der Waals surface area (Å²) in [6.07, 6.45) is 2.56. The number of rotatable bonds is 2. The molecule has 1 N–H and O–H groups in total. The Morgan fingerprint density at radius 1 is 1.10 bits per heavy atom. The largest absolute Gasteiger partial charge is 0.366 e. The molecule has 0 spiro atoms. The van der Waals surface area contributed by atoms with Crippen LogP contribution in [0.25, 0.3) is 22.3 Å². The first-order valence-corrected chi connectivity index (χ1v) is 9.76. The molecule has 5 heterocycles. The third-order valence-corrected chi connectivity index (χ3v) is 5.62. The van der Waals surface area contributed by atoms with Crippen LogP contribution >= 0.6 is 0 Å². The number of anilines is 3. The number of benzene rings is 1. The van der Waals surface area contributed by atoms with Crippen molar-refractivity contribution in [2.24, 2.45) is 0 Å². The van der Waals surface area contributed by atoms with E-state index < -0.39 is 0 Å². The molecule has 0 saturated carbocycles. The topological polar surface area (TPSA) is 100 Å². The maximum atomic E-state index is 13.2. The van der Waals surface area contributed by atoms with Gasteiger partial charge >= 0.3 is 6.03 Å². The van der Waals surface area contributed by atoms with E-state index in [-0.39, 0.29) is 12.1 Å². The fraction of sp³-hybridized carbons (Fsp3) is 0.190. The first-order valence-electron chi connectivity index (χ1n) is 9.76. The Hall–Kier alpha value is -4.01. The zero-order valence-corrected chi connectivity index (χ0v) is 15.9. The second-order valence-electron chi connectivity index (χ2n) is 7.41. The normalized spacial score (nSPS) is 17.3. The van der Waals surface area contributed by atoms with Gasteiger partial charge in [-0.05, 0) is 53.1 Å². The van der Waals surface area contributed by atoms with Gasteiger partial charge in [0, 0.05) is 24.8 Å². The summed E-state index contributed by atoms with van der Waals surface area (Å²) in [5, 5.41) is 10.7. The van der Waals surface area contributed by atoms with Crippen LogP contribution in [0.15, 0.2) is 59.4 Å². The van der Waals surface area contributed by atoms with Crippen LogP contribution in [0.3, 0.4) is 0 Å². The van der Waals surface area contributed by atoms with Gasteiger partial charge in [0.1, 0.15) is 16.9 Å². The standard InChI is InChI=1S/C21H17N7O2/c29-21(24-19-3-1-2-9-22-19)28-14-8-10-27(12-14)18-7-6-15(23-20(18)28)13-4-5-16-17(11-13)26-30-25-16/h1-7,9,11,14H,8,10,12H2,(H,22,24,29)/t14-/m0/s1. The number of amides is 2. The first-order chi connectivity index (χ1) is 14.8. The van der Waals surface area contributed by atoms with Crippen molar-refractivity contribution in [1.29, 1.82) is 0 Å². The minimum Gasteiger partial charge on any atom is -0.366 e. The summed E-state index contributed by atoms with van der Waals surface area (Å²) in [6, 6.07) is 15.0. The van der Waals surface area contributed by atoms with E-state index in [1.54, 1.807) is 17.2 Å². The van der Waals surface area contributed by atoms with Crippen molar-refractivity contribution in [3.8, 4) is 11.3 Å². The Morgan fingerprint density at radius 2 is 2.03 bits per heavy atom. The molecule has 1 aromatic carbocycles. The average molecular weight is 399 g/mol. The van der Waals surface area contributed by atoms with E-state index >= 15 is 0 Å². The second kappa shape index (κ2) is 6.51. The molecule has 4 aromatic rings. The maximum absolute atomic E-state index is 13.2. The molecule has 2 amide bonds. The Balaban J connectivity index is 1.41. The van der Waals surface area contributed by atoms with Crippen LogP contribution in [-0.4, -0.2) is 45.4 Å². The number of nitrogens with one attached hydrogen (secondary N) is 1. The Morgan fingerprint density at radius 3 is 2.93 bits per heavy atom. The summed E-state index contributed by atoms with van der Waals surface area (Å²) in [4.78, 5) is 26.3. The van der Waals surface area contributed by atoms with Gasteiger partial charge in [0.05, 0.1) is 17.4 Å². The summed E-state index contributed by atoms with van der Waals surface area (Å²) < 4.78 is 4.79. The molecule has 9 heteroatoms. The van der Waals surface area contributed by atoms with Gasteiger partial charge in [-0.3, -0.25) is 10.2 Å². The maximum Gasteiger partial charge on any atom is 0.329 e. The number of pyridine rings is 2. The van der Waals surface area contributed by atoms with E-state index in [0.717, 1.165) is 36.5 Å². The van der Waals surface area contributed by atoms with E-state index in [4.69, 9.17) is 9.61 Å². The molecular formula is C21H17N7O2. The van der Waals surface area contributed by atoms with Gasteiger partial charge in [0.2, 0.25) is 0 Å². The quantitative estimate of drug-likeness (QED) is 0.552. The van der Waals surface area contributed by atoms with Gasteiger partial charge in [-0.15, -0.1) is 0 Å². The zero-order valence-electron chi connectivity index (χ0n) is 15.9. The number of carbonyl (C=O) groups is 1. The SMILES string of the molecule is O=C(Nc1ccccn1)N1c2nc(-c3ccc4nonc4c3)ccc2N2CC[C@H]1C2. The summed E-state index contributed by atoms with van der Waals surface area (Å²) >= 11 is 0. The van der Waals surface area contributed by atoms with Crippen LogP contribution in [0.2, 0.25) is 0 Å². The minimum absolute atomic E-state index is 0.0752. The predicted molar refractivity (Wildman–Crippen MR) is 111 cm³/mol. The Kier molecular flexibility index (Phi) is 3.67. The van der Waals surface area contributed by atoms with E-state index in [1.165, 1.54) is 0 Å². The van der Waals surface area contributed by atoms with Crippen LogP contribution in [-0.2, 0) is 0 Å². The molecule has 2 aliphatic heterocycles. The Labute approximate surface area is 171 Å². The Bertz CT molecular complexity index is 1260. The highest BCUT2D eigenvalue weighted by Gasteiger charge is 2.40. The molecule has 1 fully saturated rings. The number of fused-ring (bicyclic) bond motifs is 5. The number of hydrogen-bond acceptors (Lipinski definition) is 7. The van der Waals surface area contributed by atoms with Gasteiger partial charge in [0.25, 0.3) is 0 Å². The molecule has 0 radical (unpaired) electrons. The molecule has 1 saturated heterocycles. The highest BCUT2D eigenvalue weighted by Crippen LogP contribution is 2.40. The summed E-state index contributed by atoms with van der Waals surface area (Å²) in [5.74, 6) is 1.18. The third kappa shape index (κ3) is 2.66. The zero-order chi connectivity index (χ0) is 20.1. The average Bonchev–Trinajstić information content (AvgIpc) is 3.41. The number of carbonyl (C=O) groups excluding carboxylic acids is 1. The smallest absolute Gasteiger partial charge is 0.329 e. The molecule has 0 unspecified atom stereocenters. The lowest BCUT2D eigenvalue weighted by Gasteiger charge is -2.35. The van der Waals surface area contributed by atoms with Crippen LogP contribution in [0.4, 0.5) is 22.1 Å². The van der Waals surface area contributed by atoms with Crippen LogP contribution < -0.4 is 15.1 Å². The molecule has 30 heavy (non-hydrogen) atoms. The third-order valence-electron chi connectivity index (χ3n) is 5.62. The van der Waals surface area contributed by atoms with Crippen molar-refractivity contribution in [3.63, 3.8) is 0 Å².